The number of benzene rings is 1. The van der Waals surface area contributed by atoms with E-state index in [1.807, 2.05) is 13.8 Å². The molecule has 5 nitrogen and oxygen atoms in total. The summed E-state index contributed by atoms with van der Waals surface area (Å²) in [5.41, 5.74) is 6.65. The third-order valence-electron chi connectivity index (χ3n) is 3.51. The zero-order chi connectivity index (χ0) is 16.7. The average Bonchev–Trinajstić information content (AvgIpc) is 2.50. The van der Waals surface area contributed by atoms with Crippen LogP contribution >= 0.6 is 12.4 Å². The summed E-state index contributed by atoms with van der Waals surface area (Å²) in [5, 5.41) is 2.55. The molecular weight excluding hydrogens is 321 g/mol. The molecule has 2 amide bonds. The summed E-state index contributed by atoms with van der Waals surface area (Å²) in [7, 11) is 1.67. The summed E-state index contributed by atoms with van der Waals surface area (Å²) < 4.78 is 12.8. The summed E-state index contributed by atoms with van der Waals surface area (Å²) in [6.07, 6.45) is 0.627. The molecule has 0 saturated heterocycles. The van der Waals surface area contributed by atoms with Crippen LogP contribution < -0.4 is 11.1 Å². The molecule has 1 atom stereocenters. The van der Waals surface area contributed by atoms with E-state index in [4.69, 9.17) is 5.73 Å². The highest BCUT2D eigenvalue weighted by Gasteiger charge is 2.18. The van der Waals surface area contributed by atoms with E-state index in [2.05, 4.69) is 5.32 Å². The highest BCUT2D eigenvalue weighted by molar-refractivity contribution is 5.87. The summed E-state index contributed by atoms with van der Waals surface area (Å²) in [6.45, 7) is 4.12. The molecule has 0 aliphatic carbocycles. The van der Waals surface area contributed by atoms with Crippen LogP contribution in [0.2, 0.25) is 0 Å². The normalized spacial score (nSPS) is 11.6. The van der Waals surface area contributed by atoms with Crippen LogP contribution in [0, 0.1) is 11.7 Å². The van der Waals surface area contributed by atoms with Crippen LogP contribution in [0.15, 0.2) is 24.3 Å². The summed E-state index contributed by atoms with van der Waals surface area (Å²) in [4.78, 5) is 25.1. The fraction of sp³-hybridized carbons (Fsp3) is 0.500. The molecule has 130 valence electrons. The van der Waals surface area contributed by atoms with Gasteiger partial charge in [0.05, 0.1) is 12.6 Å². The van der Waals surface area contributed by atoms with Crippen molar-refractivity contribution in [2.24, 2.45) is 11.7 Å². The highest BCUT2D eigenvalue weighted by Crippen LogP contribution is 2.04. The van der Waals surface area contributed by atoms with Crippen molar-refractivity contribution in [3.8, 4) is 0 Å². The van der Waals surface area contributed by atoms with Gasteiger partial charge in [-0.05, 0) is 30.0 Å². The van der Waals surface area contributed by atoms with Crippen molar-refractivity contribution >= 4 is 24.2 Å². The number of rotatable bonds is 7. The first-order valence-electron chi connectivity index (χ1n) is 7.33. The Morgan fingerprint density at radius 2 is 1.83 bits per heavy atom. The fourth-order valence-corrected chi connectivity index (χ4v) is 1.79. The third-order valence-corrected chi connectivity index (χ3v) is 3.51. The lowest BCUT2D eigenvalue weighted by atomic mass is 10.1. The Balaban J connectivity index is 0.00000484. The highest BCUT2D eigenvalue weighted by atomic mass is 35.5. The number of nitrogens with zero attached hydrogens (tertiary/aromatic N) is 1. The lowest BCUT2D eigenvalue weighted by molar-refractivity contribution is -0.132. The van der Waals surface area contributed by atoms with Crippen LogP contribution in [0.4, 0.5) is 4.39 Å². The number of halogens is 2. The molecule has 3 N–H and O–H groups in total. The predicted octanol–water partition coefficient (Wildman–Crippen LogP) is 1.35. The van der Waals surface area contributed by atoms with E-state index in [0.717, 1.165) is 5.56 Å². The Morgan fingerprint density at radius 3 is 2.35 bits per heavy atom. The van der Waals surface area contributed by atoms with E-state index < -0.39 is 6.04 Å². The monoisotopic (exact) mass is 345 g/mol. The minimum absolute atomic E-state index is 0. The molecule has 0 saturated carbocycles. The van der Waals surface area contributed by atoms with Crippen LogP contribution in [0.25, 0.3) is 0 Å². The predicted molar refractivity (Wildman–Crippen MR) is 90.8 cm³/mol. The van der Waals surface area contributed by atoms with Gasteiger partial charge in [0.15, 0.2) is 0 Å². The minimum atomic E-state index is -0.614. The van der Waals surface area contributed by atoms with E-state index >= 15 is 0 Å². The summed E-state index contributed by atoms with van der Waals surface area (Å²) in [6, 6.07) is 5.56. The van der Waals surface area contributed by atoms with Crippen molar-refractivity contribution in [2.45, 2.75) is 26.3 Å². The molecule has 0 fully saturated rings. The molecule has 0 unspecified atom stereocenters. The van der Waals surface area contributed by atoms with Crippen LogP contribution in [0.5, 0.6) is 0 Å². The van der Waals surface area contributed by atoms with E-state index in [9.17, 15) is 14.0 Å². The maximum absolute atomic E-state index is 12.8. The van der Waals surface area contributed by atoms with Gasteiger partial charge >= 0.3 is 0 Å². The zero-order valence-corrected chi connectivity index (χ0v) is 14.5. The van der Waals surface area contributed by atoms with Crippen LogP contribution in [0.1, 0.15) is 19.4 Å². The van der Waals surface area contributed by atoms with Crippen molar-refractivity contribution in [2.75, 3.05) is 20.1 Å². The molecule has 0 heterocycles. The Hall–Kier alpha value is -1.66. The SMILES string of the molecule is CC(C)[C@H](N)C(=O)NCC(=O)N(C)CCc1ccc(F)cc1.Cl. The van der Waals surface area contributed by atoms with Gasteiger partial charge in [-0.3, -0.25) is 9.59 Å². The fourth-order valence-electron chi connectivity index (χ4n) is 1.79. The number of nitrogens with one attached hydrogen (secondary N) is 1. The minimum Gasteiger partial charge on any atom is -0.346 e. The quantitative estimate of drug-likeness (QED) is 0.783. The zero-order valence-electron chi connectivity index (χ0n) is 13.7. The number of amides is 2. The van der Waals surface area contributed by atoms with Gasteiger partial charge in [-0.25, -0.2) is 4.39 Å². The number of nitrogens with two attached hydrogens (primary N) is 1. The first kappa shape index (κ1) is 21.3. The summed E-state index contributed by atoms with van der Waals surface area (Å²) in [5.74, 6) is -0.773. The van der Waals surface area contributed by atoms with Gasteiger partial charge in [0.2, 0.25) is 11.8 Å². The first-order chi connectivity index (χ1) is 10.3. The Kier molecular flexibility index (Phi) is 9.44. The second-order valence-corrected chi connectivity index (χ2v) is 5.68. The molecule has 0 aliphatic heterocycles. The molecule has 0 radical (unpaired) electrons. The molecule has 0 aromatic heterocycles. The van der Waals surface area contributed by atoms with Crippen molar-refractivity contribution in [3.05, 3.63) is 35.6 Å². The Bertz CT molecular complexity index is 509. The van der Waals surface area contributed by atoms with E-state index in [1.165, 1.54) is 17.0 Å². The Morgan fingerprint density at radius 1 is 1.26 bits per heavy atom. The lowest BCUT2D eigenvalue weighted by Crippen LogP contribution is -2.47. The molecule has 0 spiro atoms. The first-order valence-corrected chi connectivity index (χ1v) is 7.33. The smallest absolute Gasteiger partial charge is 0.241 e. The van der Waals surface area contributed by atoms with Crippen LogP contribution in [-0.4, -0.2) is 42.9 Å². The largest absolute Gasteiger partial charge is 0.346 e. The van der Waals surface area contributed by atoms with Gasteiger partial charge in [-0.2, -0.15) is 0 Å². The molecule has 1 aromatic carbocycles. The van der Waals surface area contributed by atoms with Crippen LogP contribution in [-0.2, 0) is 16.0 Å². The van der Waals surface area contributed by atoms with Crippen molar-refractivity contribution < 1.29 is 14.0 Å². The van der Waals surface area contributed by atoms with Crippen molar-refractivity contribution in [3.63, 3.8) is 0 Å². The topological polar surface area (TPSA) is 75.4 Å². The van der Waals surface area contributed by atoms with Gasteiger partial charge in [-0.1, -0.05) is 26.0 Å². The molecule has 0 bridgehead atoms. The molecule has 23 heavy (non-hydrogen) atoms. The van der Waals surface area contributed by atoms with E-state index in [-0.39, 0.29) is 42.5 Å². The van der Waals surface area contributed by atoms with Gasteiger partial charge in [0, 0.05) is 13.6 Å². The second-order valence-electron chi connectivity index (χ2n) is 5.68. The Labute approximate surface area is 142 Å². The van der Waals surface area contributed by atoms with Gasteiger partial charge in [0.25, 0.3) is 0 Å². The van der Waals surface area contributed by atoms with Gasteiger partial charge in [0.1, 0.15) is 5.82 Å². The van der Waals surface area contributed by atoms with Crippen molar-refractivity contribution in [1.82, 2.24) is 10.2 Å². The molecule has 1 rings (SSSR count). The molecule has 7 heteroatoms. The maximum Gasteiger partial charge on any atom is 0.241 e. The van der Waals surface area contributed by atoms with E-state index in [1.54, 1.807) is 19.2 Å². The van der Waals surface area contributed by atoms with Gasteiger partial charge < -0.3 is 16.0 Å². The maximum atomic E-state index is 12.8. The van der Waals surface area contributed by atoms with Crippen LogP contribution in [0.3, 0.4) is 0 Å². The van der Waals surface area contributed by atoms with E-state index in [0.29, 0.717) is 13.0 Å². The number of hydrogen-bond donors (Lipinski definition) is 2. The number of hydrogen-bond acceptors (Lipinski definition) is 3. The molecular formula is C16H25ClFN3O2. The average molecular weight is 346 g/mol. The van der Waals surface area contributed by atoms with Crippen molar-refractivity contribution in [1.29, 1.82) is 0 Å². The standard InChI is InChI=1S/C16H24FN3O2.ClH/c1-11(2)15(18)16(22)19-10-14(21)20(3)9-8-12-4-6-13(17)7-5-12;/h4-7,11,15H,8-10,18H2,1-3H3,(H,19,22);1H/t15-;/m0./s1. The number of carbonyl (C=O) groups excluding carboxylic acids is 2. The number of carbonyl (C=O) groups is 2. The van der Waals surface area contributed by atoms with Gasteiger partial charge in [-0.15, -0.1) is 12.4 Å². The molecule has 0 aliphatic rings. The summed E-state index contributed by atoms with van der Waals surface area (Å²) >= 11 is 0. The second kappa shape index (κ2) is 10.2. The molecule has 1 aromatic rings. The number of likely N-dealkylation sites (N-methyl/N-ethyl adjacent to an activating group) is 1. The lowest BCUT2D eigenvalue weighted by Gasteiger charge is -2.19. The third kappa shape index (κ3) is 7.43.